The first-order valence-electron chi connectivity index (χ1n) is 9.42. The third-order valence-corrected chi connectivity index (χ3v) is 5.51. The number of fused-ring (bicyclic) bond motifs is 7. The molecule has 0 saturated carbocycles. The summed E-state index contributed by atoms with van der Waals surface area (Å²) < 4.78 is 14.7. The minimum Gasteiger partial charge on any atom is -0.457 e. The van der Waals surface area contributed by atoms with Gasteiger partial charge in [0.1, 0.15) is 11.5 Å². The van der Waals surface area contributed by atoms with E-state index in [1.807, 2.05) is 6.07 Å². The van der Waals surface area contributed by atoms with Crippen molar-refractivity contribution in [3.05, 3.63) is 96.1 Å². The predicted molar refractivity (Wildman–Crippen MR) is 120 cm³/mol. The summed E-state index contributed by atoms with van der Waals surface area (Å²) in [6.45, 7) is 0. The van der Waals surface area contributed by atoms with Crippen molar-refractivity contribution >= 4 is 41.0 Å². The summed E-state index contributed by atoms with van der Waals surface area (Å²) >= 11 is 0. The molecule has 6 rings (SSSR count). The maximum atomic E-state index is 8.51. The lowest BCUT2D eigenvalue weighted by Crippen LogP contribution is -2.03. The first kappa shape index (κ1) is 17.8. The van der Waals surface area contributed by atoms with Crippen LogP contribution in [0.25, 0.3) is 32.3 Å². The highest BCUT2D eigenvalue weighted by atomic mass is 31.1. The lowest BCUT2D eigenvalue weighted by molar-refractivity contribution is 0.461. The summed E-state index contributed by atoms with van der Waals surface area (Å²) in [5.41, 5.74) is 2.54. The quantitative estimate of drug-likeness (QED) is 0.175. The molecule has 29 heavy (non-hydrogen) atoms. The van der Waals surface area contributed by atoms with Gasteiger partial charge in [0.25, 0.3) is 0 Å². The zero-order chi connectivity index (χ0) is 19.8. The Hall–Kier alpha value is -3.26. The van der Waals surface area contributed by atoms with Crippen LogP contribution in [0.1, 0.15) is 11.1 Å². The lowest BCUT2D eigenvalue weighted by Gasteiger charge is -2.22. The van der Waals surface area contributed by atoms with Crippen LogP contribution in [0.5, 0.6) is 11.5 Å². The Kier molecular flexibility index (Phi) is 4.48. The third kappa shape index (κ3) is 3.05. The molecule has 1 aliphatic rings. The van der Waals surface area contributed by atoms with Crippen molar-refractivity contribution < 1.29 is 14.2 Å². The van der Waals surface area contributed by atoms with Gasteiger partial charge < -0.3 is 4.74 Å². The van der Waals surface area contributed by atoms with E-state index in [0.29, 0.717) is 0 Å². The fourth-order valence-corrected chi connectivity index (χ4v) is 4.21. The molecule has 4 heteroatoms. The summed E-state index contributed by atoms with van der Waals surface area (Å²) in [5.74, 6) is 1.96. The van der Waals surface area contributed by atoms with Gasteiger partial charge in [-0.05, 0) is 66.7 Å². The van der Waals surface area contributed by atoms with Crippen molar-refractivity contribution in [2.45, 2.75) is 6.42 Å². The normalized spacial score (nSPS) is 12.2. The van der Waals surface area contributed by atoms with E-state index in [-0.39, 0.29) is 0 Å². The Morgan fingerprint density at radius 1 is 0.690 bits per heavy atom. The number of hydrogen-bond acceptors (Lipinski definition) is 2. The minimum atomic E-state index is -1.17. The van der Waals surface area contributed by atoms with Gasteiger partial charge in [-0.3, -0.25) is 0 Å². The molecular formula is C25H18O3P+. The van der Waals surface area contributed by atoms with Crippen LogP contribution in [0, 0.1) is 0 Å². The van der Waals surface area contributed by atoms with Gasteiger partial charge in [-0.1, -0.05) is 60.7 Å². The molecule has 1 atom stereocenters. The van der Waals surface area contributed by atoms with E-state index in [2.05, 4.69) is 78.9 Å². The van der Waals surface area contributed by atoms with Crippen molar-refractivity contribution in [2.75, 3.05) is 0 Å². The topological polar surface area (TPSA) is 46.5 Å². The maximum Gasteiger partial charge on any atom is 0.491 e. The van der Waals surface area contributed by atoms with Crippen molar-refractivity contribution in [1.82, 2.24) is 0 Å². The van der Waals surface area contributed by atoms with Gasteiger partial charge in [0.2, 0.25) is 0 Å². The molecule has 5 aromatic rings. The van der Waals surface area contributed by atoms with Crippen LogP contribution >= 0.6 is 8.69 Å². The van der Waals surface area contributed by atoms with Crippen LogP contribution in [0.3, 0.4) is 0 Å². The molecule has 140 valence electrons. The molecule has 0 amide bonds. The molecular weight excluding hydrogens is 379 g/mol. The van der Waals surface area contributed by atoms with Gasteiger partial charge in [0.05, 0.1) is 0 Å². The van der Waals surface area contributed by atoms with Crippen LogP contribution in [0.15, 0.2) is 84.9 Å². The van der Waals surface area contributed by atoms with E-state index >= 15 is 0 Å². The summed E-state index contributed by atoms with van der Waals surface area (Å²) in [6.07, 6.45) is 0.919. The third-order valence-electron chi connectivity index (χ3n) is 5.51. The molecule has 0 fully saturated rings. The summed E-state index contributed by atoms with van der Waals surface area (Å²) in [4.78, 5) is 7.04. The van der Waals surface area contributed by atoms with Gasteiger partial charge >= 0.3 is 8.69 Å². The van der Waals surface area contributed by atoms with Crippen LogP contribution in [0.4, 0.5) is 0 Å². The number of benzene rings is 5. The van der Waals surface area contributed by atoms with Crippen molar-refractivity contribution in [2.24, 2.45) is 0 Å². The van der Waals surface area contributed by atoms with E-state index < -0.39 is 8.69 Å². The largest absolute Gasteiger partial charge is 0.491 e. The van der Waals surface area contributed by atoms with Gasteiger partial charge in [-0.25, -0.2) is 0 Å². The molecule has 1 aliphatic heterocycles. The molecule has 1 unspecified atom stereocenters. The van der Waals surface area contributed by atoms with E-state index in [4.69, 9.17) is 14.2 Å². The zero-order valence-corrected chi connectivity index (χ0v) is 16.6. The summed E-state index contributed by atoms with van der Waals surface area (Å²) in [6, 6.07) is 30.3. The molecule has 3 nitrogen and oxygen atoms in total. The Bertz CT molecular complexity index is 1390. The van der Waals surface area contributed by atoms with Gasteiger partial charge in [0, 0.05) is 12.0 Å². The second-order valence-corrected chi connectivity index (χ2v) is 7.28. The Balaban J connectivity index is 0.000000573. The molecule has 0 aromatic heterocycles. The first-order chi connectivity index (χ1) is 14.3. The molecule has 5 aromatic carbocycles. The molecule has 1 heterocycles. The number of hydrogen-bond donors (Lipinski definition) is 1. The van der Waals surface area contributed by atoms with Crippen LogP contribution in [0.2, 0.25) is 0 Å². The highest BCUT2D eigenvalue weighted by molar-refractivity contribution is 7.16. The van der Waals surface area contributed by atoms with Crippen molar-refractivity contribution in [1.29, 1.82) is 0 Å². The summed E-state index contributed by atoms with van der Waals surface area (Å²) in [5, 5.41) is 7.76. The zero-order valence-electron chi connectivity index (χ0n) is 15.6. The fourth-order valence-electron chi connectivity index (χ4n) is 4.21. The minimum absolute atomic E-state index is 0.919. The molecule has 0 saturated heterocycles. The van der Waals surface area contributed by atoms with Crippen LogP contribution in [-0.4, -0.2) is 4.89 Å². The molecule has 1 N–H and O–H groups in total. The fraction of sp³-hybridized carbons (Fsp3) is 0.0400. The van der Waals surface area contributed by atoms with Gasteiger partial charge in [-0.15, -0.1) is 0 Å². The first-order valence-corrected chi connectivity index (χ1v) is 10.3. The van der Waals surface area contributed by atoms with Gasteiger partial charge in [0.15, 0.2) is 0 Å². The Morgan fingerprint density at radius 2 is 1.38 bits per heavy atom. The second-order valence-electron chi connectivity index (χ2n) is 7.10. The smallest absolute Gasteiger partial charge is 0.457 e. The second kappa shape index (κ2) is 7.29. The lowest BCUT2D eigenvalue weighted by atomic mass is 9.91. The standard InChI is InChI=1S/C25H16O.HO2P/c1-2-6-17-14-22-18(13-16(17)5-1)9-10-21-20(22)11-12-25-23(21)15-19-7-3-4-8-24(19)26-25;1-3-2/h1-14H,15H2;3H/p+1. The Morgan fingerprint density at radius 3 is 2.21 bits per heavy atom. The Labute approximate surface area is 169 Å². The highest BCUT2D eigenvalue weighted by Crippen LogP contribution is 2.41. The average Bonchev–Trinajstić information content (AvgIpc) is 2.76. The SMILES string of the molecule is O=[PH+]O.c1ccc2c(c1)Cc1c(ccc3c1ccc1cc4ccccc4cc13)O2. The number of rotatable bonds is 0. The van der Waals surface area contributed by atoms with Crippen LogP contribution in [-0.2, 0) is 11.0 Å². The molecule has 0 aliphatic carbocycles. The van der Waals surface area contributed by atoms with Crippen LogP contribution < -0.4 is 4.74 Å². The molecule has 0 radical (unpaired) electrons. The highest BCUT2D eigenvalue weighted by Gasteiger charge is 2.19. The number of para-hydroxylation sites is 1. The number of ether oxygens (including phenoxy) is 1. The average molecular weight is 397 g/mol. The predicted octanol–water partition coefficient (Wildman–Crippen LogP) is 6.76. The molecule has 0 bridgehead atoms. The van der Waals surface area contributed by atoms with Crippen molar-refractivity contribution in [3.63, 3.8) is 0 Å². The van der Waals surface area contributed by atoms with Gasteiger partial charge in [-0.2, -0.15) is 4.89 Å². The molecule has 0 spiro atoms. The maximum absolute atomic E-state index is 8.51. The monoisotopic (exact) mass is 397 g/mol. The van der Waals surface area contributed by atoms with E-state index in [9.17, 15) is 0 Å². The van der Waals surface area contributed by atoms with Crippen molar-refractivity contribution in [3.8, 4) is 11.5 Å². The van der Waals surface area contributed by atoms with E-state index in [1.165, 1.54) is 43.4 Å². The summed E-state index contributed by atoms with van der Waals surface area (Å²) in [7, 11) is -1.17. The van der Waals surface area contributed by atoms with E-state index in [1.54, 1.807) is 0 Å². The van der Waals surface area contributed by atoms with E-state index in [0.717, 1.165) is 17.9 Å².